The molecule has 1 aliphatic carbocycles. The van der Waals surface area contributed by atoms with Crippen molar-refractivity contribution in [3.8, 4) is 5.75 Å². The first-order valence-electron chi connectivity index (χ1n) is 9.00. The van der Waals surface area contributed by atoms with Crippen LogP contribution in [0.25, 0.3) is 0 Å². The van der Waals surface area contributed by atoms with Crippen LogP contribution < -0.4 is 15.4 Å². The summed E-state index contributed by atoms with van der Waals surface area (Å²) in [7, 11) is 1.57. The summed E-state index contributed by atoms with van der Waals surface area (Å²) >= 11 is 0. The smallest absolute Gasteiger partial charge is 0.243 e. The van der Waals surface area contributed by atoms with Gasteiger partial charge in [0, 0.05) is 18.7 Å². The molecule has 0 aliphatic heterocycles. The highest BCUT2D eigenvalue weighted by molar-refractivity contribution is 5.95. The third kappa shape index (κ3) is 6.74. The Morgan fingerprint density at radius 2 is 1.85 bits per heavy atom. The van der Waals surface area contributed by atoms with Crippen LogP contribution in [0, 0.1) is 5.92 Å². The minimum atomic E-state index is -0.322. The summed E-state index contributed by atoms with van der Waals surface area (Å²) in [5, 5.41) is 5.27. The van der Waals surface area contributed by atoms with E-state index in [1.165, 1.54) is 0 Å². The van der Waals surface area contributed by atoms with Crippen LogP contribution in [-0.4, -0.2) is 49.4 Å². The summed E-state index contributed by atoms with van der Waals surface area (Å²) < 4.78 is 5.06. The molecular formula is C19H27N3O4. The molecule has 0 radical (unpaired) electrons. The van der Waals surface area contributed by atoms with Crippen molar-refractivity contribution < 1.29 is 19.1 Å². The Morgan fingerprint density at radius 3 is 2.42 bits per heavy atom. The molecule has 2 rings (SSSR count). The number of nitrogens with zero attached hydrogens (tertiary/aromatic N) is 1. The summed E-state index contributed by atoms with van der Waals surface area (Å²) in [4.78, 5) is 37.8. The number of carbonyl (C=O) groups is 3. The Hall–Kier alpha value is -2.57. The maximum atomic E-state index is 12.1. The number of nitrogens with one attached hydrogen (secondary N) is 2. The summed E-state index contributed by atoms with van der Waals surface area (Å²) in [6.07, 6.45) is 3.42. The van der Waals surface area contributed by atoms with Crippen LogP contribution >= 0.6 is 0 Å². The van der Waals surface area contributed by atoms with E-state index in [1.807, 2.05) is 6.92 Å². The third-order valence-electron chi connectivity index (χ3n) is 4.15. The molecule has 1 aromatic rings. The van der Waals surface area contributed by atoms with Gasteiger partial charge in [-0.2, -0.15) is 0 Å². The van der Waals surface area contributed by atoms with E-state index in [0.717, 1.165) is 19.3 Å². The van der Waals surface area contributed by atoms with Crippen LogP contribution in [0.15, 0.2) is 24.3 Å². The maximum Gasteiger partial charge on any atom is 0.243 e. The van der Waals surface area contributed by atoms with Gasteiger partial charge in [-0.1, -0.05) is 6.92 Å². The summed E-state index contributed by atoms with van der Waals surface area (Å²) in [5.41, 5.74) is 0.624. The largest absolute Gasteiger partial charge is 0.497 e. The van der Waals surface area contributed by atoms with Gasteiger partial charge in [-0.15, -0.1) is 0 Å². The predicted molar refractivity (Wildman–Crippen MR) is 98.8 cm³/mol. The molecule has 0 saturated heterocycles. The van der Waals surface area contributed by atoms with Crippen LogP contribution in [0.2, 0.25) is 0 Å². The molecule has 2 N–H and O–H groups in total. The van der Waals surface area contributed by atoms with Gasteiger partial charge in [-0.05, 0) is 49.4 Å². The molecule has 1 aliphatic rings. The first-order chi connectivity index (χ1) is 12.5. The number of methoxy groups -OCH3 is 1. The van der Waals surface area contributed by atoms with Gasteiger partial charge in [0.2, 0.25) is 17.7 Å². The van der Waals surface area contributed by atoms with Crippen LogP contribution in [0.1, 0.15) is 32.6 Å². The van der Waals surface area contributed by atoms with Gasteiger partial charge >= 0.3 is 0 Å². The van der Waals surface area contributed by atoms with Gasteiger partial charge < -0.3 is 20.3 Å². The Balaban J connectivity index is 1.76. The topological polar surface area (TPSA) is 87.7 Å². The summed E-state index contributed by atoms with van der Waals surface area (Å²) in [6, 6.07) is 6.92. The fourth-order valence-corrected chi connectivity index (χ4v) is 2.53. The molecule has 0 unspecified atom stereocenters. The zero-order valence-corrected chi connectivity index (χ0v) is 15.4. The molecule has 7 nitrogen and oxygen atoms in total. The van der Waals surface area contributed by atoms with E-state index in [2.05, 4.69) is 10.6 Å². The van der Waals surface area contributed by atoms with Crippen LogP contribution in [0.4, 0.5) is 5.69 Å². The van der Waals surface area contributed by atoms with E-state index in [-0.39, 0.29) is 30.8 Å². The zero-order chi connectivity index (χ0) is 18.9. The molecule has 1 aromatic carbocycles. The van der Waals surface area contributed by atoms with E-state index in [4.69, 9.17) is 4.74 Å². The van der Waals surface area contributed by atoms with Gasteiger partial charge in [-0.3, -0.25) is 14.4 Å². The number of rotatable bonds is 10. The number of hydrogen-bond acceptors (Lipinski definition) is 4. The molecule has 0 spiro atoms. The van der Waals surface area contributed by atoms with Crippen molar-refractivity contribution in [2.75, 3.05) is 32.1 Å². The molecule has 1 fully saturated rings. The van der Waals surface area contributed by atoms with E-state index in [1.54, 1.807) is 36.3 Å². The van der Waals surface area contributed by atoms with Gasteiger partial charge in [-0.25, -0.2) is 0 Å². The minimum absolute atomic E-state index is 0.00256. The molecule has 142 valence electrons. The van der Waals surface area contributed by atoms with Gasteiger partial charge in [0.05, 0.1) is 20.2 Å². The zero-order valence-electron chi connectivity index (χ0n) is 15.4. The fraction of sp³-hybridized carbons (Fsp3) is 0.526. The van der Waals surface area contributed by atoms with Crippen molar-refractivity contribution >= 4 is 23.4 Å². The van der Waals surface area contributed by atoms with Crippen molar-refractivity contribution in [2.45, 2.75) is 32.6 Å². The average Bonchev–Trinajstić information content (AvgIpc) is 3.44. The molecule has 0 atom stereocenters. The Kier molecular flexibility index (Phi) is 7.44. The van der Waals surface area contributed by atoms with Gasteiger partial charge in [0.25, 0.3) is 0 Å². The monoisotopic (exact) mass is 361 g/mol. The van der Waals surface area contributed by atoms with Crippen molar-refractivity contribution in [2.24, 2.45) is 5.92 Å². The average molecular weight is 361 g/mol. The van der Waals surface area contributed by atoms with Crippen LogP contribution in [-0.2, 0) is 14.4 Å². The van der Waals surface area contributed by atoms with E-state index in [0.29, 0.717) is 30.3 Å². The lowest BCUT2D eigenvalue weighted by atomic mass is 10.2. The van der Waals surface area contributed by atoms with E-state index >= 15 is 0 Å². The number of ether oxygens (including phenoxy) is 1. The van der Waals surface area contributed by atoms with Gasteiger partial charge in [0.15, 0.2) is 0 Å². The van der Waals surface area contributed by atoms with Crippen molar-refractivity contribution in [3.05, 3.63) is 24.3 Å². The maximum absolute atomic E-state index is 12.1. The van der Waals surface area contributed by atoms with E-state index in [9.17, 15) is 14.4 Å². The number of anilines is 1. The fourth-order valence-electron chi connectivity index (χ4n) is 2.53. The lowest BCUT2D eigenvalue weighted by Crippen LogP contribution is -2.43. The molecule has 3 amide bonds. The Bertz CT molecular complexity index is 626. The molecule has 7 heteroatoms. The number of benzene rings is 1. The highest BCUT2D eigenvalue weighted by atomic mass is 16.5. The Morgan fingerprint density at radius 1 is 1.15 bits per heavy atom. The molecule has 0 aromatic heterocycles. The number of hydrogen-bond donors (Lipinski definition) is 2. The first kappa shape index (κ1) is 19.8. The second-order valence-corrected chi connectivity index (χ2v) is 6.52. The normalized spacial score (nSPS) is 13.0. The highest BCUT2D eigenvalue weighted by Crippen LogP contribution is 2.29. The van der Waals surface area contributed by atoms with Crippen molar-refractivity contribution in [1.82, 2.24) is 10.2 Å². The quantitative estimate of drug-likeness (QED) is 0.665. The molecular weight excluding hydrogens is 334 g/mol. The highest BCUT2D eigenvalue weighted by Gasteiger charge is 2.27. The Labute approximate surface area is 154 Å². The summed E-state index contributed by atoms with van der Waals surface area (Å²) in [6.45, 7) is 2.44. The minimum Gasteiger partial charge on any atom is -0.497 e. The molecule has 0 bridgehead atoms. The predicted octanol–water partition coefficient (Wildman–Crippen LogP) is 1.79. The van der Waals surface area contributed by atoms with Crippen LogP contribution in [0.3, 0.4) is 0 Å². The molecule has 1 saturated carbocycles. The number of carbonyl (C=O) groups excluding carboxylic acids is 3. The second kappa shape index (κ2) is 9.79. The van der Waals surface area contributed by atoms with Gasteiger partial charge in [0.1, 0.15) is 5.75 Å². The molecule has 0 heterocycles. The lowest BCUT2D eigenvalue weighted by Gasteiger charge is -2.22. The van der Waals surface area contributed by atoms with Crippen LogP contribution in [0.5, 0.6) is 5.75 Å². The van der Waals surface area contributed by atoms with Crippen molar-refractivity contribution in [1.29, 1.82) is 0 Å². The SMILES string of the molecule is CCCC(=O)N(CC(=O)NCC(=O)Nc1ccc(OC)cc1)CC1CC1. The standard InChI is InChI=1S/C19H27N3O4/c1-3-4-19(25)22(12-14-5-6-14)13-18(24)20-11-17(23)21-15-7-9-16(26-2)10-8-15/h7-10,14H,3-6,11-13H2,1-2H3,(H,20,24)(H,21,23). The lowest BCUT2D eigenvalue weighted by molar-refractivity contribution is -0.136. The van der Waals surface area contributed by atoms with Crippen molar-refractivity contribution in [3.63, 3.8) is 0 Å². The first-order valence-corrected chi connectivity index (χ1v) is 9.00. The summed E-state index contributed by atoms with van der Waals surface area (Å²) in [5.74, 6) is 0.570. The second-order valence-electron chi connectivity index (χ2n) is 6.52. The number of amides is 3. The third-order valence-corrected chi connectivity index (χ3v) is 4.15. The van der Waals surface area contributed by atoms with E-state index < -0.39 is 0 Å². The molecule has 26 heavy (non-hydrogen) atoms.